The van der Waals surface area contributed by atoms with Crippen LogP contribution in [0.25, 0.3) is 5.65 Å². The summed E-state index contributed by atoms with van der Waals surface area (Å²) in [7, 11) is 0. The van der Waals surface area contributed by atoms with E-state index in [1.165, 1.54) is 0 Å². The number of aliphatic hydroxyl groups excluding tert-OH is 1. The Kier molecular flexibility index (Phi) is 7.52. The van der Waals surface area contributed by atoms with Gasteiger partial charge in [0.1, 0.15) is 11.4 Å². The number of hydrogen-bond acceptors (Lipinski definition) is 6. The minimum Gasteiger partial charge on any atom is -0.443 e. The highest BCUT2D eigenvalue weighted by Crippen LogP contribution is 2.33. The molecule has 0 aliphatic heterocycles. The highest BCUT2D eigenvalue weighted by molar-refractivity contribution is 9.10. The number of pyridine rings is 1. The zero-order chi connectivity index (χ0) is 24.3. The van der Waals surface area contributed by atoms with Crippen molar-refractivity contribution < 1.29 is 14.6 Å². The molecule has 182 valence electrons. The fourth-order valence-electron chi connectivity index (χ4n) is 4.56. The number of amides is 1. The molecule has 0 aromatic carbocycles. The molecular weight excluding hydrogens is 498 g/mol. The van der Waals surface area contributed by atoms with E-state index in [0.29, 0.717) is 17.4 Å². The van der Waals surface area contributed by atoms with E-state index in [4.69, 9.17) is 9.72 Å². The van der Waals surface area contributed by atoms with Crippen molar-refractivity contribution in [2.24, 2.45) is 11.8 Å². The number of halogens is 1. The number of anilines is 1. The first-order valence-corrected chi connectivity index (χ1v) is 12.6. The Balaban J connectivity index is 1.76. The average Bonchev–Trinajstić information content (AvgIpc) is 3.17. The van der Waals surface area contributed by atoms with E-state index < -0.39 is 11.7 Å². The summed E-state index contributed by atoms with van der Waals surface area (Å²) < 4.78 is 8.18. The molecule has 1 saturated carbocycles. The summed E-state index contributed by atoms with van der Waals surface area (Å²) in [5.74, 6) is 1.22. The van der Waals surface area contributed by atoms with Crippen LogP contribution in [0.1, 0.15) is 57.7 Å². The molecule has 1 N–H and O–H groups in total. The summed E-state index contributed by atoms with van der Waals surface area (Å²) >= 11 is 3.56. The van der Waals surface area contributed by atoms with Gasteiger partial charge >= 0.3 is 6.09 Å². The van der Waals surface area contributed by atoms with Crippen LogP contribution in [0.4, 0.5) is 10.6 Å². The van der Waals surface area contributed by atoms with E-state index in [0.717, 1.165) is 47.8 Å². The molecule has 1 aliphatic rings. The third-order valence-electron chi connectivity index (χ3n) is 6.19. The quantitative estimate of drug-likeness (QED) is 0.473. The Hall–Kier alpha value is -2.52. The van der Waals surface area contributed by atoms with Crippen LogP contribution in [-0.4, -0.2) is 43.0 Å². The lowest BCUT2D eigenvalue weighted by Crippen LogP contribution is -2.37. The molecule has 1 aliphatic carbocycles. The SMILES string of the molecule is CC(C)(C)OC(=O)N(Cc1cccnc1)c1cc(C[C@@H]2CCCC[C@@H]2CO)nc2c(Br)cnn12. The molecule has 1 amide bonds. The third-order valence-corrected chi connectivity index (χ3v) is 6.75. The van der Waals surface area contributed by atoms with Crippen LogP contribution in [0.15, 0.2) is 41.3 Å². The van der Waals surface area contributed by atoms with Gasteiger partial charge in [0, 0.05) is 30.8 Å². The molecule has 9 heteroatoms. The van der Waals surface area contributed by atoms with Crippen molar-refractivity contribution in [3.05, 3.63) is 52.5 Å². The number of hydrogen-bond donors (Lipinski definition) is 1. The molecule has 3 heterocycles. The van der Waals surface area contributed by atoms with Gasteiger partial charge < -0.3 is 9.84 Å². The van der Waals surface area contributed by atoms with Gasteiger partial charge in [-0.15, -0.1) is 0 Å². The van der Waals surface area contributed by atoms with Gasteiger partial charge in [0.25, 0.3) is 0 Å². The highest BCUT2D eigenvalue weighted by atomic mass is 79.9. The Morgan fingerprint density at radius 3 is 2.71 bits per heavy atom. The molecular formula is C25H32BrN5O3. The maximum Gasteiger partial charge on any atom is 0.416 e. The summed E-state index contributed by atoms with van der Waals surface area (Å²) in [6, 6.07) is 5.70. The molecule has 2 atom stereocenters. The van der Waals surface area contributed by atoms with E-state index in [1.54, 1.807) is 28.0 Å². The summed E-state index contributed by atoms with van der Waals surface area (Å²) in [6.45, 7) is 6.03. The van der Waals surface area contributed by atoms with Crippen LogP contribution < -0.4 is 4.90 Å². The predicted molar refractivity (Wildman–Crippen MR) is 134 cm³/mol. The molecule has 4 rings (SSSR count). The van der Waals surface area contributed by atoms with Crippen LogP contribution in [0.3, 0.4) is 0 Å². The van der Waals surface area contributed by atoms with Gasteiger partial charge in [-0.25, -0.2) is 9.78 Å². The number of carbonyl (C=O) groups excluding carboxylic acids is 1. The summed E-state index contributed by atoms with van der Waals surface area (Å²) in [6.07, 6.45) is 9.83. The summed E-state index contributed by atoms with van der Waals surface area (Å²) in [5, 5.41) is 14.4. The predicted octanol–water partition coefficient (Wildman–Crippen LogP) is 5.17. The molecule has 0 radical (unpaired) electrons. The van der Waals surface area contributed by atoms with E-state index in [-0.39, 0.29) is 19.1 Å². The van der Waals surface area contributed by atoms with E-state index >= 15 is 0 Å². The lowest BCUT2D eigenvalue weighted by molar-refractivity contribution is 0.0575. The van der Waals surface area contributed by atoms with Gasteiger partial charge in [-0.05, 0) is 79.4 Å². The van der Waals surface area contributed by atoms with Crippen LogP contribution in [0, 0.1) is 11.8 Å². The van der Waals surface area contributed by atoms with Gasteiger partial charge in [0.2, 0.25) is 0 Å². The second kappa shape index (κ2) is 10.4. The lowest BCUT2D eigenvalue weighted by Gasteiger charge is -2.30. The summed E-state index contributed by atoms with van der Waals surface area (Å²) in [4.78, 5) is 24.0. The first-order chi connectivity index (χ1) is 16.2. The monoisotopic (exact) mass is 529 g/mol. The number of rotatable bonds is 6. The molecule has 0 bridgehead atoms. The van der Waals surface area contributed by atoms with E-state index in [2.05, 4.69) is 26.0 Å². The topological polar surface area (TPSA) is 92.8 Å². The van der Waals surface area contributed by atoms with Gasteiger partial charge in [-0.1, -0.05) is 18.9 Å². The average molecular weight is 530 g/mol. The normalized spacial score (nSPS) is 18.7. The van der Waals surface area contributed by atoms with Crippen LogP contribution in [0.5, 0.6) is 0 Å². The highest BCUT2D eigenvalue weighted by Gasteiger charge is 2.29. The number of nitrogens with zero attached hydrogens (tertiary/aromatic N) is 5. The Morgan fingerprint density at radius 2 is 2.03 bits per heavy atom. The largest absolute Gasteiger partial charge is 0.443 e. The Morgan fingerprint density at radius 1 is 1.26 bits per heavy atom. The van der Waals surface area contributed by atoms with Gasteiger partial charge in [-0.2, -0.15) is 9.61 Å². The Labute approximate surface area is 208 Å². The van der Waals surface area contributed by atoms with Crippen LogP contribution >= 0.6 is 15.9 Å². The first kappa shape index (κ1) is 24.6. The molecule has 0 saturated heterocycles. The van der Waals surface area contributed by atoms with E-state index in [9.17, 15) is 9.90 Å². The fourth-order valence-corrected chi connectivity index (χ4v) is 4.91. The van der Waals surface area contributed by atoms with Gasteiger partial charge in [0.05, 0.1) is 17.2 Å². The van der Waals surface area contributed by atoms with E-state index in [1.807, 2.05) is 39.0 Å². The number of aliphatic hydroxyl groups is 1. The maximum atomic E-state index is 13.4. The van der Waals surface area contributed by atoms with Crippen molar-refractivity contribution in [2.45, 2.75) is 65.0 Å². The van der Waals surface area contributed by atoms with Crippen molar-refractivity contribution in [1.82, 2.24) is 19.6 Å². The van der Waals surface area contributed by atoms with Crippen molar-refractivity contribution >= 4 is 33.5 Å². The summed E-state index contributed by atoms with van der Waals surface area (Å²) in [5.41, 5.74) is 1.73. The number of ether oxygens (including phenoxy) is 1. The van der Waals surface area contributed by atoms with Crippen molar-refractivity contribution in [3.8, 4) is 0 Å². The molecule has 8 nitrogen and oxygen atoms in total. The molecule has 1 fully saturated rings. The third kappa shape index (κ3) is 5.75. The maximum absolute atomic E-state index is 13.4. The second-order valence-corrected chi connectivity index (χ2v) is 10.8. The molecule has 3 aromatic heterocycles. The fraction of sp³-hybridized carbons (Fsp3) is 0.520. The van der Waals surface area contributed by atoms with Crippen molar-refractivity contribution in [3.63, 3.8) is 0 Å². The minimum absolute atomic E-state index is 0.196. The molecule has 0 spiro atoms. The second-order valence-electron chi connectivity index (χ2n) is 9.95. The van der Waals surface area contributed by atoms with Crippen molar-refractivity contribution in [2.75, 3.05) is 11.5 Å². The smallest absolute Gasteiger partial charge is 0.416 e. The van der Waals surface area contributed by atoms with Crippen LogP contribution in [0.2, 0.25) is 0 Å². The standard InChI is InChI=1S/C25H32BrN5O3/c1-25(2,3)34-24(33)30(15-17-7-6-10-27-13-17)22-12-20(29-23-21(26)14-28-31(22)23)11-18-8-4-5-9-19(18)16-32/h6-7,10,12-14,18-19,32H,4-5,8-9,11,15-16H2,1-3H3/t18-,19+/m0/s1. The van der Waals surface area contributed by atoms with Gasteiger partial charge in [0.15, 0.2) is 5.65 Å². The molecule has 34 heavy (non-hydrogen) atoms. The molecule has 0 unspecified atom stereocenters. The number of carbonyl (C=O) groups is 1. The number of aromatic nitrogens is 4. The molecule has 3 aromatic rings. The Bertz CT molecular complexity index is 1130. The first-order valence-electron chi connectivity index (χ1n) is 11.8. The van der Waals surface area contributed by atoms with Gasteiger partial charge in [-0.3, -0.25) is 9.88 Å². The van der Waals surface area contributed by atoms with Crippen molar-refractivity contribution in [1.29, 1.82) is 0 Å². The lowest BCUT2D eigenvalue weighted by atomic mass is 9.77. The zero-order valence-corrected chi connectivity index (χ0v) is 21.5. The van der Waals surface area contributed by atoms with Crippen LogP contribution in [-0.2, 0) is 17.7 Å². The number of fused-ring (bicyclic) bond motifs is 1. The zero-order valence-electron chi connectivity index (χ0n) is 19.9. The minimum atomic E-state index is -0.652.